The van der Waals surface area contributed by atoms with Gasteiger partial charge in [0.25, 0.3) is 0 Å². The second-order valence-corrected chi connectivity index (χ2v) is 6.43. The smallest absolute Gasteiger partial charge is 0.245 e. The number of allylic oxidation sites excluding steroid dienone is 1. The van der Waals surface area contributed by atoms with Crippen LogP contribution in [-0.2, 0) is 16.1 Å². The van der Waals surface area contributed by atoms with E-state index in [-0.39, 0.29) is 18.4 Å². The van der Waals surface area contributed by atoms with Crippen molar-refractivity contribution < 1.29 is 14.7 Å². The van der Waals surface area contributed by atoms with Gasteiger partial charge < -0.3 is 15.3 Å². The lowest BCUT2D eigenvalue weighted by Crippen LogP contribution is -2.56. The van der Waals surface area contributed by atoms with Gasteiger partial charge in [0.2, 0.25) is 11.8 Å². The molecule has 0 radical (unpaired) electrons. The van der Waals surface area contributed by atoms with Gasteiger partial charge in [-0.1, -0.05) is 49.4 Å². The van der Waals surface area contributed by atoms with Crippen molar-refractivity contribution in [2.45, 2.75) is 52.1 Å². The second kappa shape index (κ2) is 10.7. The largest absolute Gasteiger partial charge is 0.392 e. The van der Waals surface area contributed by atoms with E-state index in [2.05, 4.69) is 5.32 Å². The summed E-state index contributed by atoms with van der Waals surface area (Å²) in [5.41, 5.74) is 0.0727. The second-order valence-electron chi connectivity index (χ2n) is 6.43. The molecule has 0 fully saturated rings. The molecule has 0 spiro atoms. The van der Waals surface area contributed by atoms with E-state index < -0.39 is 5.54 Å². The molecule has 5 heteroatoms. The number of carbonyl (C=O) groups is 2. The fourth-order valence-electron chi connectivity index (χ4n) is 2.51. The third-order valence-electron chi connectivity index (χ3n) is 4.12. The summed E-state index contributed by atoms with van der Waals surface area (Å²) in [7, 11) is 0. The van der Waals surface area contributed by atoms with Crippen LogP contribution < -0.4 is 5.32 Å². The summed E-state index contributed by atoms with van der Waals surface area (Å²) in [4.78, 5) is 26.7. The highest BCUT2D eigenvalue weighted by molar-refractivity contribution is 5.90. The predicted molar refractivity (Wildman–Crippen MR) is 99.8 cm³/mol. The van der Waals surface area contributed by atoms with Gasteiger partial charge in [-0.25, -0.2) is 0 Å². The summed E-state index contributed by atoms with van der Waals surface area (Å²) in [6, 6.07) is 9.70. The van der Waals surface area contributed by atoms with Crippen LogP contribution in [0.15, 0.2) is 42.5 Å². The first-order valence-electron chi connectivity index (χ1n) is 8.82. The third kappa shape index (κ3) is 6.70. The summed E-state index contributed by atoms with van der Waals surface area (Å²) >= 11 is 0. The van der Waals surface area contributed by atoms with Crippen molar-refractivity contribution in [3.8, 4) is 0 Å². The number of rotatable bonds is 10. The number of aliphatic hydroxyl groups is 1. The molecular formula is C20H30N2O3. The Morgan fingerprint density at radius 3 is 2.48 bits per heavy atom. The van der Waals surface area contributed by atoms with Gasteiger partial charge in [0, 0.05) is 19.5 Å². The van der Waals surface area contributed by atoms with Crippen molar-refractivity contribution in [1.29, 1.82) is 0 Å². The molecule has 2 N–H and O–H groups in total. The quantitative estimate of drug-likeness (QED) is 0.505. The molecule has 2 amide bonds. The number of hydrogen-bond acceptors (Lipinski definition) is 3. The van der Waals surface area contributed by atoms with Crippen LogP contribution in [0.2, 0.25) is 0 Å². The minimum absolute atomic E-state index is 0.0347. The minimum Gasteiger partial charge on any atom is -0.392 e. The number of hydrogen-bond donors (Lipinski definition) is 2. The summed E-state index contributed by atoms with van der Waals surface area (Å²) in [6.07, 6.45) is 5.52. The van der Waals surface area contributed by atoms with Crippen LogP contribution in [0.4, 0.5) is 0 Å². The van der Waals surface area contributed by atoms with Crippen LogP contribution in [0.5, 0.6) is 0 Å². The SMILES string of the molecule is CCC(=O)N(Cc1ccccc1)C(C)(C)C(=O)NCCC/C=C/CO. The normalized spacial score (nSPS) is 11.5. The highest BCUT2D eigenvalue weighted by Crippen LogP contribution is 2.20. The molecular weight excluding hydrogens is 316 g/mol. The maximum absolute atomic E-state index is 12.6. The Bertz CT molecular complexity index is 568. The predicted octanol–water partition coefficient (Wildman–Crippen LogP) is 2.65. The van der Waals surface area contributed by atoms with Crippen molar-refractivity contribution in [1.82, 2.24) is 10.2 Å². The third-order valence-corrected chi connectivity index (χ3v) is 4.12. The zero-order chi connectivity index (χ0) is 18.7. The first kappa shape index (κ1) is 20.9. The van der Waals surface area contributed by atoms with Crippen LogP contribution >= 0.6 is 0 Å². The Labute approximate surface area is 150 Å². The maximum Gasteiger partial charge on any atom is 0.245 e. The van der Waals surface area contributed by atoms with E-state index in [9.17, 15) is 9.59 Å². The summed E-state index contributed by atoms with van der Waals surface area (Å²) in [6.45, 7) is 6.36. The number of unbranched alkanes of at least 4 members (excludes halogenated alkanes) is 1. The van der Waals surface area contributed by atoms with Crippen LogP contribution in [0, 0.1) is 0 Å². The molecule has 0 heterocycles. The number of carbonyl (C=O) groups excluding carboxylic acids is 2. The Kier molecular flexibility index (Phi) is 8.92. The Hall–Kier alpha value is -2.14. The Morgan fingerprint density at radius 2 is 1.88 bits per heavy atom. The van der Waals surface area contributed by atoms with Gasteiger partial charge in [0.05, 0.1) is 6.61 Å². The lowest BCUT2D eigenvalue weighted by atomic mass is 9.99. The number of nitrogens with zero attached hydrogens (tertiary/aromatic N) is 1. The molecule has 0 bridgehead atoms. The van der Waals surface area contributed by atoms with Gasteiger partial charge in [-0.15, -0.1) is 0 Å². The van der Waals surface area contributed by atoms with Crippen molar-refractivity contribution in [2.75, 3.05) is 13.2 Å². The van der Waals surface area contributed by atoms with E-state index in [0.717, 1.165) is 18.4 Å². The van der Waals surface area contributed by atoms with Crippen molar-refractivity contribution in [3.63, 3.8) is 0 Å². The molecule has 0 aliphatic carbocycles. The number of nitrogens with one attached hydrogen (secondary N) is 1. The van der Waals surface area contributed by atoms with Gasteiger partial charge in [-0.05, 0) is 32.3 Å². The van der Waals surface area contributed by atoms with Gasteiger partial charge in [0.1, 0.15) is 5.54 Å². The molecule has 0 saturated carbocycles. The fourth-order valence-corrected chi connectivity index (χ4v) is 2.51. The summed E-state index contributed by atoms with van der Waals surface area (Å²) < 4.78 is 0. The lowest BCUT2D eigenvalue weighted by Gasteiger charge is -2.37. The van der Waals surface area contributed by atoms with E-state index in [1.165, 1.54) is 0 Å². The monoisotopic (exact) mass is 346 g/mol. The molecule has 0 atom stereocenters. The molecule has 0 aromatic heterocycles. The average Bonchev–Trinajstić information content (AvgIpc) is 2.62. The molecule has 1 aromatic carbocycles. The standard InChI is InChI=1S/C20H30N2O3/c1-4-18(24)22(16-17-12-8-7-9-13-17)20(2,3)19(25)21-14-10-5-6-11-15-23/h6-9,11-13,23H,4-5,10,14-16H2,1-3H3,(H,21,25)/b11-6+. The van der Waals surface area contributed by atoms with Gasteiger partial charge in [-0.3, -0.25) is 9.59 Å². The highest BCUT2D eigenvalue weighted by atomic mass is 16.2. The lowest BCUT2D eigenvalue weighted by molar-refractivity contribution is -0.146. The summed E-state index contributed by atoms with van der Waals surface area (Å²) in [5, 5.41) is 11.6. The molecule has 138 valence electrons. The molecule has 1 rings (SSSR count). The average molecular weight is 346 g/mol. The fraction of sp³-hybridized carbons (Fsp3) is 0.500. The van der Waals surface area contributed by atoms with Gasteiger partial charge >= 0.3 is 0 Å². The molecule has 5 nitrogen and oxygen atoms in total. The number of aliphatic hydroxyl groups excluding tert-OH is 1. The van der Waals surface area contributed by atoms with Crippen LogP contribution in [0.25, 0.3) is 0 Å². The van der Waals surface area contributed by atoms with Crippen molar-refractivity contribution in [2.24, 2.45) is 0 Å². The zero-order valence-corrected chi connectivity index (χ0v) is 15.5. The van der Waals surface area contributed by atoms with E-state index in [1.54, 1.807) is 24.8 Å². The first-order chi connectivity index (χ1) is 11.9. The molecule has 0 unspecified atom stereocenters. The van der Waals surface area contributed by atoms with E-state index in [1.807, 2.05) is 43.3 Å². The van der Waals surface area contributed by atoms with Gasteiger partial charge in [-0.2, -0.15) is 0 Å². The van der Waals surface area contributed by atoms with Crippen LogP contribution in [0.1, 0.15) is 45.6 Å². The van der Waals surface area contributed by atoms with Crippen molar-refractivity contribution in [3.05, 3.63) is 48.0 Å². The molecule has 0 aliphatic rings. The first-order valence-corrected chi connectivity index (χ1v) is 8.82. The van der Waals surface area contributed by atoms with Crippen molar-refractivity contribution >= 4 is 11.8 Å². The highest BCUT2D eigenvalue weighted by Gasteiger charge is 2.36. The van der Waals surface area contributed by atoms with E-state index in [4.69, 9.17) is 5.11 Å². The van der Waals surface area contributed by atoms with Crippen LogP contribution in [-0.4, -0.2) is 40.5 Å². The summed E-state index contributed by atoms with van der Waals surface area (Å²) in [5.74, 6) is -0.203. The maximum atomic E-state index is 12.6. The topological polar surface area (TPSA) is 69.6 Å². The van der Waals surface area contributed by atoms with E-state index >= 15 is 0 Å². The Balaban J connectivity index is 2.72. The minimum atomic E-state index is -0.927. The molecule has 1 aromatic rings. The van der Waals surface area contributed by atoms with Gasteiger partial charge in [0.15, 0.2) is 0 Å². The molecule has 0 aliphatic heterocycles. The van der Waals surface area contributed by atoms with E-state index in [0.29, 0.717) is 19.5 Å². The zero-order valence-electron chi connectivity index (χ0n) is 15.5. The molecule has 0 saturated heterocycles. The number of benzene rings is 1. The molecule has 25 heavy (non-hydrogen) atoms. The Morgan fingerprint density at radius 1 is 1.20 bits per heavy atom. The number of amides is 2. The van der Waals surface area contributed by atoms with Crippen LogP contribution in [0.3, 0.4) is 0 Å².